The molecule has 11 heteroatoms. The Hall–Kier alpha value is -2.53. The van der Waals surface area contributed by atoms with E-state index in [1.807, 2.05) is 0 Å². The molecule has 1 aromatic heterocycles. The van der Waals surface area contributed by atoms with Crippen molar-refractivity contribution in [3.8, 4) is 11.3 Å². The molecule has 4 rings (SSSR count). The summed E-state index contributed by atoms with van der Waals surface area (Å²) >= 11 is 0. The molecule has 1 saturated carbocycles. The number of carbonyl (C=O) groups excluding carboxylic acids is 1. The summed E-state index contributed by atoms with van der Waals surface area (Å²) in [5.41, 5.74) is -2.92. The van der Waals surface area contributed by atoms with Crippen molar-refractivity contribution in [1.82, 2.24) is 9.88 Å². The van der Waals surface area contributed by atoms with E-state index in [0.717, 1.165) is 19.3 Å². The molecule has 1 saturated heterocycles. The van der Waals surface area contributed by atoms with Gasteiger partial charge in [-0.2, -0.15) is 26.3 Å². The van der Waals surface area contributed by atoms with Crippen molar-refractivity contribution in [2.24, 2.45) is 5.92 Å². The number of hydrogen-bond acceptors (Lipinski definition) is 3. The molecule has 1 aliphatic carbocycles. The second-order valence-corrected chi connectivity index (χ2v) is 9.14. The monoisotopic (exact) mass is 504 g/mol. The molecule has 0 bridgehead atoms. The van der Waals surface area contributed by atoms with Gasteiger partial charge in [0.2, 0.25) is 0 Å². The molecule has 0 spiro atoms. The van der Waals surface area contributed by atoms with E-state index in [0.29, 0.717) is 36.9 Å². The number of hydrogen-bond donors (Lipinski definition) is 2. The molecule has 2 fully saturated rings. The van der Waals surface area contributed by atoms with Crippen molar-refractivity contribution in [2.75, 3.05) is 13.2 Å². The predicted octanol–water partition coefficient (Wildman–Crippen LogP) is 5.18. The number of halogens is 6. The number of benzene rings is 1. The topological polar surface area (TPSA) is 63.5 Å². The van der Waals surface area contributed by atoms with Gasteiger partial charge in [-0.3, -0.25) is 4.79 Å². The van der Waals surface area contributed by atoms with E-state index in [4.69, 9.17) is 4.74 Å². The highest BCUT2D eigenvalue weighted by Gasteiger charge is 2.39. The molecule has 0 radical (unpaired) electrons. The molecule has 192 valence electrons. The van der Waals surface area contributed by atoms with E-state index >= 15 is 0 Å². The van der Waals surface area contributed by atoms with Gasteiger partial charge in [0.05, 0.1) is 28.9 Å². The summed E-state index contributed by atoms with van der Waals surface area (Å²) in [6, 6.07) is 2.48. The molecule has 2 N–H and O–H groups in total. The predicted molar refractivity (Wildman–Crippen MR) is 115 cm³/mol. The highest BCUT2D eigenvalue weighted by atomic mass is 19.4. The quantitative estimate of drug-likeness (QED) is 0.511. The average Bonchev–Trinajstić information content (AvgIpc) is 3.42. The third-order valence-electron chi connectivity index (χ3n) is 6.59. The first-order chi connectivity index (χ1) is 16.4. The van der Waals surface area contributed by atoms with Crippen molar-refractivity contribution < 1.29 is 41.0 Å². The lowest BCUT2D eigenvalue weighted by Crippen LogP contribution is -2.33. The maximum atomic E-state index is 13.8. The van der Waals surface area contributed by atoms with Gasteiger partial charge in [0.25, 0.3) is 5.91 Å². The first-order valence-electron chi connectivity index (χ1n) is 11.4. The van der Waals surface area contributed by atoms with Crippen molar-refractivity contribution in [2.45, 2.75) is 63.7 Å². The van der Waals surface area contributed by atoms with Gasteiger partial charge >= 0.3 is 12.4 Å². The molecule has 35 heavy (non-hydrogen) atoms. The number of carbonyl (C=O) groups is 1. The fourth-order valence-electron chi connectivity index (χ4n) is 4.45. The molecule has 5 nitrogen and oxygen atoms in total. The number of nitrogens with zero attached hydrogens (tertiary/aromatic N) is 1. The van der Waals surface area contributed by atoms with Crippen LogP contribution in [0.1, 0.15) is 52.9 Å². The van der Waals surface area contributed by atoms with Crippen LogP contribution in [0.2, 0.25) is 0 Å². The van der Waals surface area contributed by atoms with Gasteiger partial charge in [-0.15, -0.1) is 0 Å². The van der Waals surface area contributed by atoms with E-state index in [9.17, 15) is 36.2 Å². The highest BCUT2D eigenvalue weighted by molar-refractivity contribution is 5.97. The lowest BCUT2D eigenvalue weighted by atomic mass is 9.99. The normalized spacial score (nSPS) is 19.7. The molecule has 1 amide bonds. The minimum Gasteiger partial charge on any atom is -0.391 e. The van der Waals surface area contributed by atoms with E-state index in [1.165, 1.54) is 17.6 Å². The van der Waals surface area contributed by atoms with Crippen LogP contribution in [0.3, 0.4) is 0 Å². The summed E-state index contributed by atoms with van der Waals surface area (Å²) < 4.78 is 88.7. The highest BCUT2D eigenvalue weighted by Crippen LogP contribution is 2.42. The minimum atomic E-state index is -4.91. The summed E-state index contributed by atoms with van der Waals surface area (Å²) in [4.78, 5) is 12.9. The number of aliphatic hydroxyl groups is 1. The molecular formula is C24H26F6N2O3. The van der Waals surface area contributed by atoms with Gasteiger partial charge in [0.15, 0.2) is 0 Å². The lowest BCUT2D eigenvalue weighted by molar-refractivity contribution is -0.141. The summed E-state index contributed by atoms with van der Waals surface area (Å²) in [6.45, 7) is 2.08. The maximum absolute atomic E-state index is 13.8. The fourth-order valence-corrected chi connectivity index (χ4v) is 4.45. The van der Waals surface area contributed by atoms with Crippen molar-refractivity contribution in [1.29, 1.82) is 0 Å². The molecule has 1 unspecified atom stereocenters. The van der Waals surface area contributed by atoms with Gasteiger partial charge in [-0.1, -0.05) is 0 Å². The Morgan fingerprint density at radius 2 is 1.86 bits per heavy atom. The number of nitrogens with one attached hydrogen (secondary N) is 1. The second kappa shape index (κ2) is 9.50. The van der Waals surface area contributed by atoms with Gasteiger partial charge < -0.3 is 19.7 Å². The Morgan fingerprint density at radius 3 is 2.43 bits per heavy atom. The molecule has 2 atom stereocenters. The Kier molecular flexibility index (Phi) is 6.93. The maximum Gasteiger partial charge on any atom is 0.417 e. The van der Waals surface area contributed by atoms with Crippen LogP contribution in [0.4, 0.5) is 26.3 Å². The molecular weight excluding hydrogens is 478 g/mol. The van der Waals surface area contributed by atoms with Gasteiger partial charge in [0, 0.05) is 36.6 Å². The van der Waals surface area contributed by atoms with Crippen LogP contribution in [-0.4, -0.2) is 40.9 Å². The number of aromatic nitrogens is 1. The van der Waals surface area contributed by atoms with Crippen LogP contribution in [-0.2, 0) is 23.6 Å². The standard InChI is InChI=1S/C24H26F6N2O3/c1-13-17(22(34)31-11-21(33)14-4-5-14)10-20(32(13)12-16-3-2-8-35-16)18-9-15(23(25,26)27)6-7-19(18)24(28,29)30/h6-7,9-10,14,16,21,33H,2-5,8,11-12H2,1H3,(H,31,34)/t16-,21?/m1/s1. The summed E-state index contributed by atoms with van der Waals surface area (Å²) in [5.74, 6) is -0.509. The van der Waals surface area contributed by atoms with Crippen molar-refractivity contribution >= 4 is 5.91 Å². The number of rotatable bonds is 7. The van der Waals surface area contributed by atoms with Gasteiger partial charge in [-0.25, -0.2) is 0 Å². The van der Waals surface area contributed by atoms with Crippen LogP contribution < -0.4 is 5.32 Å². The first kappa shape index (κ1) is 25.6. The fraction of sp³-hybridized carbons (Fsp3) is 0.542. The average molecular weight is 504 g/mol. The van der Waals surface area contributed by atoms with Crippen LogP contribution in [0, 0.1) is 12.8 Å². The largest absolute Gasteiger partial charge is 0.417 e. The van der Waals surface area contributed by atoms with Gasteiger partial charge in [0.1, 0.15) is 0 Å². The zero-order chi connectivity index (χ0) is 25.5. The number of alkyl halides is 6. The molecule has 1 aliphatic heterocycles. The zero-order valence-electron chi connectivity index (χ0n) is 19.0. The minimum absolute atomic E-state index is 0.0213. The van der Waals surface area contributed by atoms with E-state index < -0.39 is 41.1 Å². The number of ether oxygens (including phenoxy) is 1. The van der Waals surface area contributed by atoms with Crippen molar-refractivity contribution in [3.63, 3.8) is 0 Å². The van der Waals surface area contributed by atoms with Crippen LogP contribution in [0.15, 0.2) is 24.3 Å². The Morgan fingerprint density at radius 1 is 1.14 bits per heavy atom. The molecule has 2 heterocycles. The number of amides is 1. The first-order valence-corrected chi connectivity index (χ1v) is 11.4. The third kappa shape index (κ3) is 5.66. The van der Waals surface area contributed by atoms with Crippen molar-refractivity contribution in [3.05, 3.63) is 46.6 Å². The Labute approximate surface area is 198 Å². The van der Waals surface area contributed by atoms with Crippen LogP contribution in [0.5, 0.6) is 0 Å². The Bertz CT molecular complexity index is 1080. The molecule has 2 aliphatic rings. The van der Waals surface area contributed by atoms with Crippen LogP contribution in [0.25, 0.3) is 11.3 Å². The molecule has 2 aromatic rings. The van der Waals surface area contributed by atoms with E-state index in [2.05, 4.69) is 5.32 Å². The zero-order valence-corrected chi connectivity index (χ0v) is 19.0. The van der Waals surface area contributed by atoms with Gasteiger partial charge in [-0.05, 0) is 62.8 Å². The lowest BCUT2D eigenvalue weighted by Gasteiger charge is -2.20. The number of aliphatic hydroxyl groups excluding tert-OH is 1. The van der Waals surface area contributed by atoms with Crippen LogP contribution >= 0.6 is 0 Å². The molecule has 1 aromatic carbocycles. The summed E-state index contributed by atoms with van der Waals surface area (Å²) in [5, 5.41) is 12.6. The third-order valence-corrected chi connectivity index (χ3v) is 6.59. The second-order valence-electron chi connectivity index (χ2n) is 9.14. The van der Waals surface area contributed by atoms with E-state index in [1.54, 1.807) is 0 Å². The summed E-state index contributed by atoms with van der Waals surface area (Å²) in [6.07, 6.45) is -7.73. The van der Waals surface area contributed by atoms with E-state index in [-0.39, 0.29) is 36.4 Å². The Balaban J connectivity index is 1.79. The summed E-state index contributed by atoms with van der Waals surface area (Å²) in [7, 11) is 0. The SMILES string of the molecule is Cc1c(C(=O)NCC(O)C2CC2)cc(-c2cc(C(F)(F)F)ccc2C(F)(F)F)n1C[C@H]1CCCO1. The smallest absolute Gasteiger partial charge is 0.391 e.